The van der Waals surface area contributed by atoms with E-state index >= 15 is 0 Å². The summed E-state index contributed by atoms with van der Waals surface area (Å²) in [6.45, 7) is 5.74. The van der Waals surface area contributed by atoms with Crippen LogP contribution in [0.1, 0.15) is 13.3 Å². The zero-order valence-electron chi connectivity index (χ0n) is 5.92. The molecule has 0 fully saturated rings. The van der Waals surface area contributed by atoms with Crippen LogP contribution in [-0.4, -0.2) is 0 Å². The van der Waals surface area contributed by atoms with E-state index in [1.54, 1.807) is 12.2 Å². The molecule has 0 aromatic rings. The maximum Gasteiger partial charge on any atom is 0.104 e. The minimum atomic E-state index is 0.518. The van der Waals surface area contributed by atoms with Crippen molar-refractivity contribution in [3.63, 3.8) is 0 Å². The minimum absolute atomic E-state index is 0.518. The summed E-state index contributed by atoms with van der Waals surface area (Å²) in [7, 11) is 0. The lowest BCUT2D eigenvalue weighted by Gasteiger charge is -2.07. The molecule has 0 saturated heterocycles. The summed E-state index contributed by atoms with van der Waals surface area (Å²) in [5.74, 6) is 0. The summed E-state index contributed by atoms with van der Waals surface area (Å²) in [6, 6.07) is 0. The largest absolute Gasteiger partial charge is 0.145 e. The molecule has 0 saturated carbocycles. The molecule has 0 atom stereocenters. The van der Waals surface area contributed by atoms with Gasteiger partial charge >= 0.3 is 0 Å². The van der Waals surface area contributed by atoms with Gasteiger partial charge in [-0.05, 0) is 35.7 Å². The molecule has 0 unspecified atom stereocenters. The van der Waals surface area contributed by atoms with Crippen molar-refractivity contribution in [2.75, 3.05) is 0 Å². The average molecular weight is 135 g/mol. The van der Waals surface area contributed by atoms with Gasteiger partial charge in [-0.25, -0.2) is 0 Å². The second kappa shape index (κ2) is 2.60. The van der Waals surface area contributed by atoms with Crippen LogP contribution in [0.5, 0.6) is 0 Å². The SMILES string of the molecule is C=C1CC=C(N=O)C=C1C. The van der Waals surface area contributed by atoms with E-state index < -0.39 is 0 Å². The molecule has 0 amide bonds. The van der Waals surface area contributed by atoms with Gasteiger partial charge in [0, 0.05) is 0 Å². The Kier molecular flexibility index (Phi) is 1.81. The zero-order valence-corrected chi connectivity index (χ0v) is 5.92. The molecule has 2 nitrogen and oxygen atoms in total. The smallest absolute Gasteiger partial charge is 0.104 e. The van der Waals surface area contributed by atoms with Gasteiger partial charge in [-0.3, -0.25) is 0 Å². The maximum atomic E-state index is 10.0. The third-order valence-electron chi connectivity index (χ3n) is 1.59. The highest BCUT2D eigenvalue weighted by Crippen LogP contribution is 2.21. The Balaban J connectivity index is 2.89. The van der Waals surface area contributed by atoms with Crippen LogP contribution in [-0.2, 0) is 0 Å². The number of allylic oxidation sites excluding steroid dienone is 4. The first kappa shape index (κ1) is 6.93. The van der Waals surface area contributed by atoms with Crippen molar-refractivity contribution in [2.24, 2.45) is 5.18 Å². The molecule has 0 aromatic heterocycles. The Morgan fingerprint density at radius 1 is 1.70 bits per heavy atom. The fourth-order valence-corrected chi connectivity index (χ4v) is 0.835. The van der Waals surface area contributed by atoms with Crippen LogP contribution in [0, 0.1) is 4.91 Å². The van der Waals surface area contributed by atoms with Crippen molar-refractivity contribution in [2.45, 2.75) is 13.3 Å². The summed E-state index contributed by atoms with van der Waals surface area (Å²) in [4.78, 5) is 10.0. The first-order valence-electron chi connectivity index (χ1n) is 3.14. The van der Waals surface area contributed by atoms with Crippen LogP contribution in [0.4, 0.5) is 0 Å². The van der Waals surface area contributed by atoms with Gasteiger partial charge in [0.1, 0.15) is 5.70 Å². The molecule has 0 heterocycles. The van der Waals surface area contributed by atoms with Gasteiger partial charge in [0.2, 0.25) is 0 Å². The molecule has 52 valence electrons. The van der Waals surface area contributed by atoms with E-state index in [-0.39, 0.29) is 0 Å². The number of nitroso groups, excluding NO2 is 1. The summed E-state index contributed by atoms with van der Waals surface area (Å²) < 4.78 is 0. The van der Waals surface area contributed by atoms with Gasteiger partial charge in [0.15, 0.2) is 0 Å². The molecular weight excluding hydrogens is 126 g/mol. The van der Waals surface area contributed by atoms with E-state index in [1.165, 1.54) is 0 Å². The highest BCUT2D eigenvalue weighted by atomic mass is 16.3. The second-order valence-corrected chi connectivity index (χ2v) is 2.36. The molecule has 0 N–H and O–H groups in total. The minimum Gasteiger partial charge on any atom is -0.145 e. The van der Waals surface area contributed by atoms with Crippen molar-refractivity contribution in [3.8, 4) is 0 Å². The average Bonchev–Trinajstić information content (AvgIpc) is 1.95. The molecule has 0 spiro atoms. The zero-order chi connectivity index (χ0) is 7.56. The molecule has 0 bridgehead atoms. The number of rotatable bonds is 1. The van der Waals surface area contributed by atoms with E-state index in [4.69, 9.17) is 0 Å². The van der Waals surface area contributed by atoms with Crippen LogP contribution in [0.3, 0.4) is 0 Å². The predicted octanol–water partition coefficient (Wildman–Crippen LogP) is 2.54. The molecule has 1 rings (SSSR count). The van der Waals surface area contributed by atoms with E-state index in [0.717, 1.165) is 17.6 Å². The van der Waals surface area contributed by atoms with Gasteiger partial charge in [-0.2, -0.15) is 0 Å². The molecule has 1 aliphatic rings. The molecule has 1 aliphatic carbocycles. The highest BCUT2D eigenvalue weighted by molar-refractivity contribution is 5.39. The molecule has 0 aromatic carbocycles. The lowest BCUT2D eigenvalue weighted by atomic mass is 10.0. The highest BCUT2D eigenvalue weighted by Gasteiger charge is 2.03. The summed E-state index contributed by atoms with van der Waals surface area (Å²) in [5, 5.41) is 2.83. The monoisotopic (exact) mass is 135 g/mol. The van der Waals surface area contributed by atoms with E-state index in [1.807, 2.05) is 6.92 Å². The summed E-state index contributed by atoms with van der Waals surface area (Å²) >= 11 is 0. The molecule has 0 aliphatic heterocycles. The predicted molar refractivity (Wildman–Crippen MR) is 41.4 cm³/mol. The fraction of sp³-hybridized carbons (Fsp3) is 0.250. The Labute approximate surface area is 59.9 Å². The van der Waals surface area contributed by atoms with Gasteiger partial charge < -0.3 is 0 Å². The van der Waals surface area contributed by atoms with Gasteiger partial charge in [0.05, 0.1) is 0 Å². The number of hydrogen-bond donors (Lipinski definition) is 0. The third-order valence-corrected chi connectivity index (χ3v) is 1.59. The van der Waals surface area contributed by atoms with E-state index in [2.05, 4.69) is 11.8 Å². The third kappa shape index (κ3) is 1.21. The van der Waals surface area contributed by atoms with Crippen LogP contribution < -0.4 is 0 Å². The van der Waals surface area contributed by atoms with Crippen LogP contribution in [0.25, 0.3) is 0 Å². The first-order chi connectivity index (χ1) is 4.74. The lowest BCUT2D eigenvalue weighted by molar-refractivity contribution is 1.14. The van der Waals surface area contributed by atoms with Crippen molar-refractivity contribution >= 4 is 0 Å². The molecule has 10 heavy (non-hydrogen) atoms. The topological polar surface area (TPSA) is 29.4 Å². The van der Waals surface area contributed by atoms with Gasteiger partial charge in [0.25, 0.3) is 0 Å². The Morgan fingerprint density at radius 3 is 2.90 bits per heavy atom. The Morgan fingerprint density at radius 2 is 2.40 bits per heavy atom. The van der Waals surface area contributed by atoms with Gasteiger partial charge in [-0.1, -0.05) is 12.7 Å². The lowest BCUT2D eigenvalue weighted by Crippen LogP contribution is -1.89. The summed E-state index contributed by atoms with van der Waals surface area (Å²) in [6.07, 6.45) is 4.28. The van der Waals surface area contributed by atoms with Gasteiger partial charge in [-0.15, -0.1) is 4.91 Å². The number of hydrogen-bond acceptors (Lipinski definition) is 2. The van der Waals surface area contributed by atoms with Crippen molar-refractivity contribution in [1.29, 1.82) is 0 Å². The second-order valence-electron chi connectivity index (χ2n) is 2.36. The van der Waals surface area contributed by atoms with E-state index in [0.29, 0.717) is 5.70 Å². The normalized spacial score (nSPS) is 17.9. The standard InChI is InChI=1S/C8H9NO/c1-6-3-4-8(9-10)5-7(6)2/h4-5H,1,3H2,2H3. The van der Waals surface area contributed by atoms with Crippen molar-refractivity contribution < 1.29 is 0 Å². The molecular formula is C8H9NO. The summed E-state index contributed by atoms with van der Waals surface area (Å²) in [5.41, 5.74) is 2.63. The van der Waals surface area contributed by atoms with E-state index in [9.17, 15) is 4.91 Å². The van der Waals surface area contributed by atoms with Crippen LogP contribution >= 0.6 is 0 Å². The number of nitrogens with zero attached hydrogens (tertiary/aromatic N) is 1. The maximum absolute atomic E-state index is 10.0. The fourth-order valence-electron chi connectivity index (χ4n) is 0.835. The Hall–Kier alpha value is -1.18. The molecule has 0 radical (unpaired) electrons. The van der Waals surface area contributed by atoms with Crippen LogP contribution in [0.15, 0.2) is 40.8 Å². The van der Waals surface area contributed by atoms with Crippen LogP contribution in [0.2, 0.25) is 0 Å². The molecule has 2 heteroatoms. The Bertz CT molecular complexity index is 236. The van der Waals surface area contributed by atoms with Crippen molar-refractivity contribution in [3.05, 3.63) is 40.5 Å². The first-order valence-corrected chi connectivity index (χ1v) is 3.14. The quantitative estimate of drug-likeness (QED) is 0.508. The van der Waals surface area contributed by atoms with Crippen molar-refractivity contribution in [1.82, 2.24) is 0 Å².